The number of carbonyl (C=O) groups is 1. The van der Waals surface area contributed by atoms with Crippen LogP contribution in [0.1, 0.15) is 45.6 Å². The van der Waals surface area contributed by atoms with Crippen molar-refractivity contribution in [3.05, 3.63) is 80.9 Å². The highest BCUT2D eigenvalue weighted by Crippen LogP contribution is 2.25. The van der Waals surface area contributed by atoms with Gasteiger partial charge in [-0.05, 0) is 81.6 Å². The lowest BCUT2D eigenvalue weighted by Crippen LogP contribution is -2.41. The van der Waals surface area contributed by atoms with Crippen molar-refractivity contribution < 1.29 is 4.79 Å². The Morgan fingerprint density at radius 1 is 1.06 bits per heavy atom. The molecule has 3 heterocycles. The quantitative estimate of drug-likeness (QED) is 0.525. The molecule has 34 heavy (non-hydrogen) atoms. The van der Waals surface area contributed by atoms with Crippen molar-refractivity contribution in [1.29, 1.82) is 0 Å². The number of hydrogen-bond donors (Lipinski definition) is 3. The van der Waals surface area contributed by atoms with Crippen molar-refractivity contribution in [2.45, 2.75) is 46.2 Å². The molecule has 0 radical (unpaired) electrons. The Hall–Kier alpha value is -3.45. The summed E-state index contributed by atoms with van der Waals surface area (Å²) in [5, 5.41) is 6.26. The van der Waals surface area contributed by atoms with Gasteiger partial charge >= 0.3 is 0 Å². The first-order valence-corrected chi connectivity index (χ1v) is 11.8. The van der Waals surface area contributed by atoms with Crippen LogP contribution in [0.15, 0.2) is 47.4 Å². The molecule has 2 aromatic heterocycles. The van der Waals surface area contributed by atoms with Crippen LogP contribution in [0.3, 0.4) is 0 Å². The molecular formula is C27H33N5O2. The zero-order valence-electron chi connectivity index (χ0n) is 20.4. The van der Waals surface area contributed by atoms with E-state index in [0.29, 0.717) is 17.2 Å². The minimum atomic E-state index is -0.198. The standard InChI is InChI=1S/C27H33N5O2/c1-17-5-6-20(21-7-8-25(29-15-21)32-11-9-22(28-4)10-12-32)14-23(17)26(33)30-16-24-18(2)13-19(3)31-27(24)34/h5-8,13-15,22,28H,9-12,16H2,1-4H3,(H,30,33)(H,31,34). The minimum Gasteiger partial charge on any atom is -0.357 e. The number of anilines is 1. The first-order chi connectivity index (χ1) is 16.4. The van der Waals surface area contributed by atoms with E-state index in [9.17, 15) is 9.59 Å². The third kappa shape index (κ3) is 5.20. The number of aryl methyl sites for hydroxylation is 3. The molecule has 3 aromatic rings. The van der Waals surface area contributed by atoms with Crippen LogP contribution >= 0.6 is 0 Å². The van der Waals surface area contributed by atoms with Crippen molar-refractivity contribution in [3.8, 4) is 11.1 Å². The maximum atomic E-state index is 13.0. The number of amides is 1. The smallest absolute Gasteiger partial charge is 0.253 e. The Bertz CT molecular complexity index is 1220. The number of aromatic nitrogens is 2. The number of carbonyl (C=O) groups excluding carboxylic acids is 1. The highest BCUT2D eigenvalue weighted by atomic mass is 16.1. The van der Waals surface area contributed by atoms with E-state index >= 15 is 0 Å². The number of aromatic amines is 1. The van der Waals surface area contributed by atoms with E-state index in [1.807, 2.05) is 58.3 Å². The molecule has 0 spiro atoms. The fourth-order valence-electron chi connectivity index (χ4n) is 4.55. The summed E-state index contributed by atoms with van der Waals surface area (Å²) in [6.07, 6.45) is 4.11. The zero-order valence-corrected chi connectivity index (χ0v) is 20.4. The summed E-state index contributed by atoms with van der Waals surface area (Å²) in [7, 11) is 2.02. The second kappa shape index (κ2) is 10.2. The molecular weight excluding hydrogens is 426 g/mol. The monoisotopic (exact) mass is 459 g/mol. The van der Waals surface area contributed by atoms with Gasteiger partial charge in [-0.2, -0.15) is 0 Å². The van der Waals surface area contributed by atoms with Gasteiger partial charge in [0, 0.05) is 54.3 Å². The Balaban J connectivity index is 1.47. The van der Waals surface area contributed by atoms with Crippen LogP contribution in [0, 0.1) is 20.8 Å². The highest BCUT2D eigenvalue weighted by molar-refractivity contribution is 5.96. The summed E-state index contributed by atoms with van der Waals surface area (Å²) in [5.41, 5.74) is 5.47. The molecule has 4 rings (SSSR count). The lowest BCUT2D eigenvalue weighted by atomic mass is 10.00. The second-order valence-electron chi connectivity index (χ2n) is 9.11. The molecule has 0 unspecified atom stereocenters. The summed E-state index contributed by atoms with van der Waals surface area (Å²) < 4.78 is 0. The van der Waals surface area contributed by atoms with Crippen molar-refractivity contribution in [2.24, 2.45) is 0 Å². The van der Waals surface area contributed by atoms with Crippen molar-refractivity contribution in [1.82, 2.24) is 20.6 Å². The summed E-state index contributed by atoms with van der Waals surface area (Å²) >= 11 is 0. The fraction of sp³-hybridized carbons (Fsp3) is 0.370. The summed E-state index contributed by atoms with van der Waals surface area (Å²) in [5.74, 6) is 0.790. The number of nitrogens with one attached hydrogen (secondary N) is 3. The second-order valence-corrected chi connectivity index (χ2v) is 9.11. The minimum absolute atomic E-state index is 0.162. The fourth-order valence-corrected chi connectivity index (χ4v) is 4.55. The first-order valence-electron chi connectivity index (χ1n) is 11.8. The Morgan fingerprint density at radius 2 is 1.79 bits per heavy atom. The largest absolute Gasteiger partial charge is 0.357 e. The molecule has 0 atom stereocenters. The molecule has 1 fully saturated rings. The molecule has 0 aliphatic carbocycles. The molecule has 7 nitrogen and oxygen atoms in total. The zero-order chi connectivity index (χ0) is 24.2. The summed E-state index contributed by atoms with van der Waals surface area (Å²) in [6.45, 7) is 7.82. The number of H-pyrrole nitrogens is 1. The van der Waals surface area contributed by atoms with Gasteiger partial charge in [0.2, 0.25) is 0 Å². The molecule has 0 bridgehead atoms. The third-order valence-electron chi connectivity index (χ3n) is 6.71. The number of nitrogens with zero attached hydrogens (tertiary/aromatic N) is 2. The van der Waals surface area contributed by atoms with Gasteiger partial charge in [0.15, 0.2) is 0 Å². The number of piperidine rings is 1. The number of hydrogen-bond acceptors (Lipinski definition) is 5. The van der Waals surface area contributed by atoms with Gasteiger partial charge in [-0.3, -0.25) is 9.59 Å². The van der Waals surface area contributed by atoms with Gasteiger partial charge in [-0.15, -0.1) is 0 Å². The van der Waals surface area contributed by atoms with Gasteiger partial charge in [0.05, 0.1) is 0 Å². The van der Waals surface area contributed by atoms with Crippen LogP contribution in [0.2, 0.25) is 0 Å². The lowest BCUT2D eigenvalue weighted by Gasteiger charge is -2.32. The first kappa shape index (κ1) is 23.7. The summed E-state index contributed by atoms with van der Waals surface area (Å²) in [4.78, 5) is 35.1. The topological polar surface area (TPSA) is 90.1 Å². The maximum absolute atomic E-state index is 13.0. The van der Waals surface area contributed by atoms with E-state index in [1.54, 1.807) is 0 Å². The van der Waals surface area contributed by atoms with Crippen LogP contribution in [-0.4, -0.2) is 42.1 Å². The van der Waals surface area contributed by atoms with Crippen molar-refractivity contribution >= 4 is 11.7 Å². The van der Waals surface area contributed by atoms with Crippen molar-refractivity contribution in [2.75, 3.05) is 25.0 Å². The van der Waals surface area contributed by atoms with Gasteiger partial charge in [0.25, 0.3) is 11.5 Å². The number of rotatable bonds is 6. The van der Waals surface area contributed by atoms with Gasteiger partial charge in [-0.25, -0.2) is 4.98 Å². The summed E-state index contributed by atoms with van der Waals surface area (Å²) in [6, 6.07) is 12.5. The van der Waals surface area contributed by atoms with E-state index in [4.69, 9.17) is 4.98 Å². The SMILES string of the molecule is CNC1CCN(c2ccc(-c3ccc(C)c(C(=O)NCc4c(C)cc(C)[nH]c4=O)c3)cn2)CC1. The van der Waals surface area contributed by atoms with Gasteiger partial charge in [-0.1, -0.05) is 12.1 Å². The van der Waals surface area contributed by atoms with Gasteiger partial charge < -0.3 is 20.5 Å². The lowest BCUT2D eigenvalue weighted by molar-refractivity contribution is 0.0950. The Morgan fingerprint density at radius 3 is 2.44 bits per heavy atom. The Kier molecular flexibility index (Phi) is 7.12. The average molecular weight is 460 g/mol. The van der Waals surface area contributed by atoms with E-state index in [2.05, 4.69) is 32.7 Å². The van der Waals surface area contributed by atoms with Gasteiger partial charge in [0.1, 0.15) is 5.82 Å². The maximum Gasteiger partial charge on any atom is 0.253 e. The number of pyridine rings is 2. The van der Waals surface area contributed by atoms with Crippen LogP contribution < -0.4 is 21.1 Å². The van der Waals surface area contributed by atoms with Crippen molar-refractivity contribution in [3.63, 3.8) is 0 Å². The molecule has 1 aromatic carbocycles. The molecule has 0 saturated carbocycles. The van der Waals surface area contributed by atoms with Crippen LogP contribution in [0.4, 0.5) is 5.82 Å². The normalized spacial score (nSPS) is 14.3. The van der Waals surface area contributed by atoms with E-state index in [-0.39, 0.29) is 18.0 Å². The van der Waals surface area contributed by atoms with E-state index in [0.717, 1.165) is 59.7 Å². The average Bonchev–Trinajstić information content (AvgIpc) is 2.84. The molecule has 1 aliphatic rings. The highest BCUT2D eigenvalue weighted by Gasteiger charge is 2.19. The molecule has 1 aliphatic heterocycles. The molecule has 178 valence electrons. The van der Waals surface area contributed by atoms with Crippen LogP contribution in [0.25, 0.3) is 11.1 Å². The van der Waals surface area contributed by atoms with Crippen LogP contribution in [0.5, 0.6) is 0 Å². The number of benzene rings is 1. The van der Waals surface area contributed by atoms with E-state index < -0.39 is 0 Å². The van der Waals surface area contributed by atoms with E-state index in [1.165, 1.54) is 0 Å². The Labute approximate surface area is 200 Å². The molecule has 1 amide bonds. The predicted molar refractivity (Wildman–Crippen MR) is 136 cm³/mol. The van der Waals surface area contributed by atoms with Crippen LogP contribution in [-0.2, 0) is 6.54 Å². The third-order valence-corrected chi connectivity index (χ3v) is 6.71. The predicted octanol–water partition coefficient (Wildman–Crippen LogP) is 3.48. The molecule has 3 N–H and O–H groups in total. The molecule has 1 saturated heterocycles. The molecule has 7 heteroatoms.